The maximum Gasteiger partial charge on any atom is 0.0932 e. The number of nitrogens with one attached hydrogen (secondary N) is 1. The maximum atomic E-state index is 4.65. The molecule has 2 nitrogen and oxygen atoms in total. The molecule has 25 heavy (non-hydrogen) atoms. The number of aromatic nitrogens is 2. The van der Waals surface area contributed by atoms with Gasteiger partial charge in [-0.15, -0.1) is 0 Å². The van der Waals surface area contributed by atoms with Crippen LogP contribution in [0.4, 0.5) is 0 Å². The van der Waals surface area contributed by atoms with Crippen LogP contribution in [-0.4, -0.2) is 9.97 Å². The molecule has 0 spiro atoms. The van der Waals surface area contributed by atoms with Crippen LogP contribution < -0.4 is 0 Å². The van der Waals surface area contributed by atoms with Gasteiger partial charge in [-0.05, 0) is 34.7 Å². The molecule has 1 N–H and O–H groups in total. The number of para-hydroxylation sites is 1. The molecule has 0 radical (unpaired) electrons. The molecule has 120 valence electrons. The highest BCUT2D eigenvalue weighted by Gasteiger charge is 2.38. The molecule has 0 saturated carbocycles. The summed E-state index contributed by atoms with van der Waals surface area (Å²) in [5.74, 6) is 0. The fourth-order valence-electron chi connectivity index (χ4n) is 4.16. The number of hydrogen-bond acceptors (Lipinski definition) is 1. The van der Waals surface area contributed by atoms with Gasteiger partial charge in [0.15, 0.2) is 0 Å². The highest BCUT2D eigenvalue weighted by Crippen LogP contribution is 2.46. The van der Waals surface area contributed by atoms with Crippen molar-refractivity contribution in [2.45, 2.75) is 11.8 Å². The average Bonchev–Trinajstić information content (AvgIpc) is 3.17. The number of nitrogens with zero attached hydrogens (tertiary/aromatic N) is 1. The Balaban J connectivity index is 1.93. The molecule has 0 fully saturated rings. The molecule has 1 unspecified atom stereocenters. The number of fused-ring (bicyclic) bond motifs is 2. The van der Waals surface area contributed by atoms with Crippen molar-refractivity contribution in [1.29, 1.82) is 0 Å². The molecule has 1 atom stereocenters. The van der Waals surface area contributed by atoms with Gasteiger partial charge in [0.05, 0.1) is 22.8 Å². The Labute approximate surface area is 146 Å². The summed E-state index contributed by atoms with van der Waals surface area (Å²) >= 11 is 0. The van der Waals surface area contributed by atoms with E-state index in [0.29, 0.717) is 0 Å². The number of aromatic amines is 1. The van der Waals surface area contributed by atoms with E-state index >= 15 is 0 Å². The summed E-state index contributed by atoms with van der Waals surface area (Å²) in [6.45, 7) is 0. The third kappa shape index (κ3) is 2.01. The Kier molecular flexibility index (Phi) is 3.10. The summed E-state index contributed by atoms with van der Waals surface area (Å²) in [5.41, 5.74) is 7.01. The largest absolute Gasteiger partial charge is 0.345 e. The van der Waals surface area contributed by atoms with Gasteiger partial charge in [-0.1, -0.05) is 78.9 Å². The van der Waals surface area contributed by atoms with Crippen molar-refractivity contribution in [1.82, 2.24) is 9.97 Å². The third-order valence-corrected chi connectivity index (χ3v) is 5.25. The summed E-state index contributed by atoms with van der Waals surface area (Å²) in [4.78, 5) is 7.90. The zero-order valence-corrected chi connectivity index (χ0v) is 13.8. The average molecular weight is 322 g/mol. The normalized spacial score (nSPS) is 19.0. The molecule has 1 aliphatic rings. The van der Waals surface area contributed by atoms with Crippen molar-refractivity contribution < 1.29 is 0 Å². The molecule has 3 aromatic carbocycles. The van der Waals surface area contributed by atoms with E-state index in [1.54, 1.807) is 6.33 Å². The van der Waals surface area contributed by atoms with E-state index in [1.807, 2.05) is 0 Å². The Morgan fingerprint density at radius 3 is 2.52 bits per heavy atom. The van der Waals surface area contributed by atoms with Crippen LogP contribution in [-0.2, 0) is 11.8 Å². The monoisotopic (exact) mass is 322 g/mol. The predicted molar refractivity (Wildman–Crippen MR) is 102 cm³/mol. The molecule has 4 aromatic rings. The minimum Gasteiger partial charge on any atom is -0.345 e. The second kappa shape index (κ2) is 5.45. The van der Waals surface area contributed by atoms with Gasteiger partial charge >= 0.3 is 0 Å². The second-order valence-electron chi connectivity index (χ2n) is 6.54. The van der Waals surface area contributed by atoms with Crippen LogP contribution in [0, 0.1) is 0 Å². The highest BCUT2D eigenvalue weighted by molar-refractivity contribution is 5.82. The van der Waals surface area contributed by atoms with Crippen LogP contribution in [0.15, 0.2) is 91.3 Å². The van der Waals surface area contributed by atoms with E-state index in [9.17, 15) is 0 Å². The Hall–Kier alpha value is -3.13. The molecular formula is C23H18N2. The lowest BCUT2D eigenvalue weighted by atomic mass is 9.65. The maximum absolute atomic E-state index is 4.65. The number of allylic oxidation sites excluding steroid dienone is 2. The minimum atomic E-state index is -0.315. The summed E-state index contributed by atoms with van der Waals surface area (Å²) < 4.78 is 0. The van der Waals surface area contributed by atoms with Gasteiger partial charge in [0.2, 0.25) is 0 Å². The molecule has 0 saturated heterocycles. The molecule has 2 heteroatoms. The lowest BCUT2D eigenvalue weighted by Crippen LogP contribution is -2.30. The first kappa shape index (κ1) is 14.2. The molecule has 5 rings (SSSR count). The van der Waals surface area contributed by atoms with E-state index in [0.717, 1.165) is 17.5 Å². The van der Waals surface area contributed by atoms with Crippen LogP contribution in [0.25, 0.3) is 11.0 Å². The van der Waals surface area contributed by atoms with Gasteiger partial charge in [-0.3, -0.25) is 0 Å². The SMILES string of the molecule is C1=CC(c2ccccc2)(c2cccc3[nH]cnc23)c2ccccc2C1. The van der Waals surface area contributed by atoms with Crippen LogP contribution in [0.2, 0.25) is 0 Å². The van der Waals surface area contributed by atoms with Crippen LogP contribution in [0.1, 0.15) is 22.3 Å². The Bertz CT molecular complexity index is 1080. The summed E-state index contributed by atoms with van der Waals surface area (Å²) in [6, 6.07) is 25.9. The lowest BCUT2D eigenvalue weighted by molar-refractivity contribution is 0.753. The highest BCUT2D eigenvalue weighted by atomic mass is 14.9. The second-order valence-corrected chi connectivity index (χ2v) is 6.54. The zero-order chi connectivity index (χ0) is 16.7. The number of H-pyrrole nitrogens is 1. The minimum absolute atomic E-state index is 0.315. The summed E-state index contributed by atoms with van der Waals surface area (Å²) in [5, 5.41) is 0. The zero-order valence-electron chi connectivity index (χ0n) is 13.8. The third-order valence-electron chi connectivity index (χ3n) is 5.25. The van der Waals surface area contributed by atoms with Crippen LogP contribution >= 0.6 is 0 Å². The first-order chi connectivity index (χ1) is 12.4. The fraction of sp³-hybridized carbons (Fsp3) is 0.0870. The lowest BCUT2D eigenvalue weighted by Gasteiger charge is -2.37. The van der Waals surface area contributed by atoms with Crippen molar-refractivity contribution in [3.05, 3.63) is 114 Å². The predicted octanol–water partition coefficient (Wildman–Crippen LogP) is 5.01. The topological polar surface area (TPSA) is 28.7 Å². The summed E-state index contributed by atoms with van der Waals surface area (Å²) in [6.07, 6.45) is 7.40. The first-order valence-corrected chi connectivity index (χ1v) is 8.64. The van der Waals surface area contributed by atoms with Gasteiger partial charge in [0, 0.05) is 0 Å². The quantitative estimate of drug-likeness (QED) is 0.516. The Morgan fingerprint density at radius 1 is 0.800 bits per heavy atom. The molecular weight excluding hydrogens is 304 g/mol. The van der Waals surface area contributed by atoms with E-state index in [-0.39, 0.29) is 5.41 Å². The fourth-order valence-corrected chi connectivity index (χ4v) is 4.16. The number of hydrogen-bond donors (Lipinski definition) is 1. The molecule has 1 aliphatic carbocycles. The van der Waals surface area contributed by atoms with Gasteiger partial charge in [-0.2, -0.15) is 0 Å². The van der Waals surface area contributed by atoms with Gasteiger partial charge in [-0.25, -0.2) is 4.98 Å². The van der Waals surface area contributed by atoms with Gasteiger partial charge in [0.1, 0.15) is 0 Å². The van der Waals surface area contributed by atoms with E-state index < -0.39 is 0 Å². The van der Waals surface area contributed by atoms with Crippen molar-refractivity contribution in [2.75, 3.05) is 0 Å². The Morgan fingerprint density at radius 2 is 1.60 bits per heavy atom. The molecule has 0 bridgehead atoms. The van der Waals surface area contributed by atoms with Crippen LogP contribution in [0.5, 0.6) is 0 Å². The van der Waals surface area contributed by atoms with Crippen LogP contribution in [0.3, 0.4) is 0 Å². The van der Waals surface area contributed by atoms with Crippen molar-refractivity contribution >= 4 is 11.0 Å². The number of rotatable bonds is 2. The number of benzene rings is 3. The van der Waals surface area contributed by atoms with E-state index in [2.05, 4.69) is 94.9 Å². The van der Waals surface area contributed by atoms with Crippen molar-refractivity contribution in [3.63, 3.8) is 0 Å². The molecule has 1 aromatic heterocycles. The summed E-state index contributed by atoms with van der Waals surface area (Å²) in [7, 11) is 0. The molecule has 0 amide bonds. The van der Waals surface area contributed by atoms with Crippen molar-refractivity contribution in [3.8, 4) is 0 Å². The number of imidazole rings is 1. The van der Waals surface area contributed by atoms with E-state index in [4.69, 9.17) is 0 Å². The van der Waals surface area contributed by atoms with E-state index in [1.165, 1.54) is 22.3 Å². The smallest absolute Gasteiger partial charge is 0.0932 e. The van der Waals surface area contributed by atoms with Gasteiger partial charge < -0.3 is 4.98 Å². The first-order valence-electron chi connectivity index (χ1n) is 8.64. The molecule has 1 heterocycles. The van der Waals surface area contributed by atoms with Crippen molar-refractivity contribution in [2.24, 2.45) is 0 Å². The van der Waals surface area contributed by atoms with Gasteiger partial charge in [0.25, 0.3) is 0 Å². The standard InChI is InChI=1S/C23H18N2/c1-2-10-18(11-3-1)23(15-7-9-17-8-4-5-12-19(17)23)20-13-6-14-21-22(20)25-16-24-21/h1-8,10-16H,9H2,(H,24,25). The molecule has 0 aliphatic heterocycles.